The van der Waals surface area contributed by atoms with Crippen LogP contribution >= 0.6 is 0 Å². The molecule has 3 aromatic rings. The largest absolute Gasteiger partial charge is 0.390 e. The van der Waals surface area contributed by atoms with E-state index in [4.69, 9.17) is 0 Å². The van der Waals surface area contributed by atoms with E-state index >= 15 is 0 Å². The van der Waals surface area contributed by atoms with Crippen LogP contribution < -0.4 is 4.72 Å². The number of hydrogen-bond donors (Lipinski definition) is 1. The number of nitrogens with one attached hydrogen (secondary N) is 1. The second-order valence-corrected chi connectivity index (χ2v) is 8.13. The van der Waals surface area contributed by atoms with Gasteiger partial charge in [-0.1, -0.05) is 54.1 Å². The molecule has 0 spiro atoms. The first-order chi connectivity index (χ1) is 12.6. The number of hydrogen-bond acceptors (Lipinski definition) is 2. The molecule has 1 atom stereocenters. The van der Waals surface area contributed by atoms with Gasteiger partial charge in [0.15, 0.2) is 0 Å². The molecule has 1 N–H and O–H groups in total. The molecule has 0 fully saturated rings. The summed E-state index contributed by atoms with van der Waals surface area (Å²) in [5.41, 5.74) is 1.12. The minimum absolute atomic E-state index is 0.0685. The molecule has 0 saturated heterocycles. The van der Waals surface area contributed by atoms with Gasteiger partial charge in [-0.25, -0.2) is 13.1 Å². The summed E-state index contributed by atoms with van der Waals surface area (Å²) in [6.45, 7) is 1.80. The average Bonchev–Trinajstić information content (AvgIpc) is 2.60. The Morgan fingerprint density at radius 2 is 1.56 bits per heavy atom. The number of rotatable bonds is 5. The summed E-state index contributed by atoms with van der Waals surface area (Å²) in [4.78, 5) is -0.0685. The maximum Gasteiger partial charge on any atom is 0.390 e. The molecular weight excluding hydrogens is 375 g/mol. The number of aryl methyl sites for hydroxylation is 1. The van der Waals surface area contributed by atoms with Crippen molar-refractivity contribution in [1.29, 1.82) is 0 Å². The Morgan fingerprint density at radius 1 is 0.926 bits per heavy atom. The van der Waals surface area contributed by atoms with Crippen LogP contribution in [0.1, 0.15) is 23.6 Å². The van der Waals surface area contributed by atoms with Crippen LogP contribution in [0.2, 0.25) is 0 Å². The van der Waals surface area contributed by atoms with E-state index in [1.807, 2.05) is 12.1 Å². The van der Waals surface area contributed by atoms with E-state index in [1.165, 1.54) is 18.2 Å². The van der Waals surface area contributed by atoms with Crippen molar-refractivity contribution in [2.75, 3.05) is 0 Å². The van der Waals surface area contributed by atoms with Gasteiger partial charge in [0.2, 0.25) is 10.0 Å². The molecule has 27 heavy (non-hydrogen) atoms. The van der Waals surface area contributed by atoms with Gasteiger partial charge >= 0.3 is 6.18 Å². The standard InChI is InChI=1S/C20H18F3NO2S/c1-14-6-10-18(11-7-14)27(25,26)24-19(13-20(21,22)23)17-9-8-15-4-2-3-5-16(15)12-17/h2-12,19,24H,13H2,1H3. The minimum Gasteiger partial charge on any atom is -0.207 e. The first-order valence-electron chi connectivity index (χ1n) is 8.28. The highest BCUT2D eigenvalue weighted by atomic mass is 32.2. The number of sulfonamides is 1. The van der Waals surface area contributed by atoms with Crippen LogP contribution in [0.25, 0.3) is 10.8 Å². The highest BCUT2D eigenvalue weighted by molar-refractivity contribution is 7.89. The van der Waals surface area contributed by atoms with E-state index in [2.05, 4.69) is 4.72 Å². The van der Waals surface area contributed by atoms with Crippen molar-refractivity contribution in [3.8, 4) is 0 Å². The molecule has 3 nitrogen and oxygen atoms in total. The quantitative estimate of drug-likeness (QED) is 0.654. The maximum atomic E-state index is 13.1. The summed E-state index contributed by atoms with van der Waals surface area (Å²) in [5.74, 6) is 0. The molecule has 0 bridgehead atoms. The first-order valence-corrected chi connectivity index (χ1v) is 9.77. The van der Waals surface area contributed by atoms with Crippen molar-refractivity contribution in [2.24, 2.45) is 0 Å². The summed E-state index contributed by atoms with van der Waals surface area (Å²) >= 11 is 0. The predicted molar refractivity (Wildman–Crippen MR) is 98.9 cm³/mol. The number of fused-ring (bicyclic) bond motifs is 1. The lowest BCUT2D eigenvalue weighted by Crippen LogP contribution is -2.32. The van der Waals surface area contributed by atoms with Crippen LogP contribution in [0.15, 0.2) is 71.6 Å². The van der Waals surface area contributed by atoms with Crippen molar-refractivity contribution < 1.29 is 21.6 Å². The molecule has 0 aliphatic rings. The summed E-state index contributed by atoms with van der Waals surface area (Å²) in [6.07, 6.45) is -5.82. The lowest BCUT2D eigenvalue weighted by molar-refractivity contribution is -0.139. The lowest BCUT2D eigenvalue weighted by Gasteiger charge is -2.21. The molecule has 0 heterocycles. The number of halogens is 3. The fraction of sp³-hybridized carbons (Fsp3) is 0.200. The Kier molecular flexibility index (Phi) is 5.26. The summed E-state index contributed by atoms with van der Waals surface area (Å²) in [7, 11) is -4.10. The fourth-order valence-electron chi connectivity index (χ4n) is 2.86. The predicted octanol–water partition coefficient (Wildman–Crippen LogP) is 5.12. The Hall–Kier alpha value is -2.38. The van der Waals surface area contributed by atoms with Gasteiger partial charge in [-0.2, -0.15) is 13.2 Å². The second-order valence-electron chi connectivity index (χ2n) is 6.41. The van der Waals surface area contributed by atoms with Gasteiger partial charge in [0, 0.05) is 0 Å². The molecule has 0 radical (unpaired) electrons. The van der Waals surface area contributed by atoms with Gasteiger partial charge in [-0.05, 0) is 41.5 Å². The lowest BCUT2D eigenvalue weighted by atomic mass is 10.0. The third kappa shape index (κ3) is 4.87. The molecule has 0 saturated carbocycles. The van der Waals surface area contributed by atoms with Crippen LogP contribution in [0.3, 0.4) is 0 Å². The first kappa shape index (κ1) is 19.4. The van der Waals surface area contributed by atoms with Crippen molar-refractivity contribution in [1.82, 2.24) is 4.72 Å². The van der Waals surface area contributed by atoms with Gasteiger partial charge in [0.05, 0.1) is 17.4 Å². The zero-order valence-electron chi connectivity index (χ0n) is 14.5. The van der Waals surface area contributed by atoms with Crippen LogP contribution in [-0.4, -0.2) is 14.6 Å². The molecule has 7 heteroatoms. The van der Waals surface area contributed by atoms with Crippen LogP contribution in [-0.2, 0) is 10.0 Å². The molecule has 0 aliphatic carbocycles. The SMILES string of the molecule is Cc1ccc(S(=O)(=O)NC(CC(F)(F)F)c2ccc3ccccc3c2)cc1. The third-order valence-electron chi connectivity index (χ3n) is 4.24. The van der Waals surface area contributed by atoms with E-state index in [1.54, 1.807) is 43.3 Å². The second kappa shape index (κ2) is 7.32. The number of alkyl halides is 3. The van der Waals surface area contributed by atoms with Crippen LogP contribution in [0.4, 0.5) is 13.2 Å². The van der Waals surface area contributed by atoms with Crippen LogP contribution in [0, 0.1) is 6.92 Å². The summed E-state index contributed by atoms with van der Waals surface area (Å²) < 4.78 is 66.7. The van der Waals surface area contributed by atoms with E-state index < -0.39 is 28.7 Å². The van der Waals surface area contributed by atoms with Crippen molar-refractivity contribution >= 4 is 20.8 Å². The number of benzene rings is 3. The van der Waals surface area contributed by atoms with E-state index in [0.717, 1.165) is 16.3 Å². The maximum absolute atomic E-state index is 13.1. The molecule has 3 aromatic carbocycles. The van der Waals surface area contributed by atoms with E-state index in [-0.39, 0.29) is 10.5 Å². The third-order valence-corrected chi connectivity index (χ3v) is 5.73. The summed E-state index contributed by atoms with van der Waals surface area (Å²) in [5, 5.41) is 1.62. The van der Waals surface area contributed by atoms with Crippen LogP contribution in [0.5, 0.6) is 0 Å². The highest BCUT2D eigenvalue weighted by Crippen LogP contribution is 2.32. The molecule has 0 aromatic heterocycles. The normalized spacial score (nSPS) is 13.6. The molecule has 142 valence electrons. The van der Waals surface area contributed by atoms with Gasteiger partial charge < -0.3 is 0 Å². The van der Waals surface area contributed by atoms with E-state index in [0.29, 0.717) is 0 Å². The highest BCUT2D eigenvalue weighted by Gasteiger charge is 2.35. The minimum atomic E-state index is -4.52. The average molecular weight is 393 g/mol. The molecule has 0 amide bonds. The zero-order valence-corrected chi connectivity index (χ0v) is 15.3. The van der Waals surface area contributed by atoms with Crippen molar-refractivity contribution in [2.45, 2.75) is 30.5 Å². The summed E-state index contributed by atoms with van der Waals surface area (Å²) in [6, 6.07) is 16.6. The van der Waals surface area contributed by atoms with Gasteiger partial charge in [0.25, 0.3) is 0 Å². The fourth-order valence-corrected chi connectivity index (χ4v) is 4.08. The molecule has 3 rings (SSSR count). The molecule has 0 aliphatic heterocycles. The molecular formula is C20H18F3NO2S. The zero-order chi connectivity index (χ0) is 19.7. The Balaban J connectivity index is 1.98. The molecule has 1 unspecified atom stereocenters. The Morgan fingerprint density at radius 3 is 2.19 bits per heavy atom. The Labute approximate surface area is 155 Å². The van der Waals surface area contributed by atoms with Crippen molar-refractivity contribution in [3.63, 3.8) is 0 Å². The van der Waals surface area contributed by atoms with E-state index in [9.17, 15) is 21.6 Å². The Bertz CT molecular complexity index is 1040. The van der Waals surface area contributed by atoms with Gasteiger partial charge in [0.1, 0.15) is 0 Å². The topological polar surface area (TPSA) is 46.2 Å². The van der Waals surface area contributed by atoms with Gasteiger partial charge in [-0.3, -0.25) is 0 Å². The smallest absolute Gasteiger partial charge is 0.207 e. The van der Waals surface area contributed by atoms with Gasteiger partial charge in [-0.15, -0.1) is 0 Å². The van der Waals surface area contributed by atoms with Crippen molar-refractivity contribution in [3.05, 3.63) is 77.9 Å². The monoisotopic (exact) mass is 393 g/mol.